The summed E-state index contributed by atoms with van der Waals surface area (Å²) < 4.78 is 0.557. The highest BCUT2D eigenvalue weighted by Gasteiger charge is 2.51. The van der Waals surface area contributed by atoms with Gasteiger partial charge in [-0.05, 0) is 99.4 Å². The molecule has 0 aromatic carbocycles. The summed E-state index contributed by atoms with van der Waals surface area (Å²) in [6.07, 6.45) is 14.1. The Morgan fingerprint density at radius 3 is 1.89 bits per heavy atom. The molecule has 108 valence electrons. The van der Waals surface area contributed by atoms with Crippen molar-refractivity contribution in [3.8, 4) is 0 Å². The third-order valence-corrected chi connectivity index (χ3v) is 9.70. The van der Waals surface area contributed by atoms with Crippen molar-refractivity contribution in [2.75, 3.05) is 11.5 Å². The summed E-state index contributed by atoms with van der Waals surface area (Å²) in [6, 6.07) is 0. The summed E-state index contributed by atoms with van der Waals surface area (Å²) in [4.78, 5) is 0. The van der Waals surface area contributed by atoms with Gasteiger partial charge in [-0.2, -0.15) is 0 Å². The number of hydrogen-bond acceptors (Lipinski definition) is 2. The fraction of sp³-hybridized carbons (Fsp3) is 1.00. The maximum Gasteiger partial charge on any atom is 0.0583 e. The van der Waals surface area contributed by atoms with Gasteiger partial charge < -0.3 is 0 Å². The average molecular weight is 297 g/mol. The number of rotatable bonds is 3. The van der Waals surface area contributed by atoms with Crippen LogP contribution in [0.4, 0.5) is 0 Å². The number of thioether (sulfide) groups is 2. The fourth-order valence-corrected chi connectivity index (χ4v) is 8.86. The Bertz CT molecular complexity index is 308. The van der Waals surface area contributed by atoms with Crippen molar-refractivity contribution in [1.82, 2.24) is 0 Å². The minimum atomic E-state index is 0.557. The first kappa shape index (κ1) is 13.4. The van der Waals surface area contributed by atoms with Crippen molar-refractivity contribution >= 4 is 23.5 Å². The zero-order valence-electron chi connectivity index (χ0n) is 12.3. The molecule has 1 saturated heterocycles. The zero-order chi connectivity index (χ0) is 12.9. The first-order valence-corrected chi connectivity index (χ1v) is 10.4. The van der Waals surface area contributed by atoms with Crippen LogP contribution in [0.1, 0.15) is 64.7 Å². The summed E-state index contributed by atoms with van der Waals surface area (Å²) in [5, 5.41) is 0. The van der Waals surface area contributed by atoms with Crippen LogP contribution < -0.4 is 0 Å². The molecule has 0 radical (unpaired) electrons. The van der Waals surface area contributed by atoms with E-state index in [1.807, 2.05) is 0 Å². The Balaban J connectivity index is 1.42. The summed E-state index contributed by atoms with van der Waals surface area (Å²) in [5.41, 5.74) is 0.802. The Morgan fingerprint density at radius 1 is 0.842 bits per heavy atom. The van der Waals surface area contributed by atoms with Gasteiger partial charge in [-0.25, -0.2) is 0 Å². The van der Waals surface area contributed by atoms with Crippen LogP contribution in [-0.2, 0) is 0 Å². The Labute approximate surface area is 127 Å². The van der Waals surface area contributed by atoms with Crippen molar-refractivity contribution in [1.29, 1.82) is 0 Å². The number of hydrogen-bond donors (Lipinski definition) is 0. The van der Waals surface area contributed by atoms with E-state index in [0.717, 1.165) is 23.2 Å². The zero-order valence-corrected chi connectivity index (χ0v) is 14.0. The maximum absolute atomic E-state index is 2.53. The van der Waals surface area contributed by atoms with Gasteiger partial charge in [0.2, 0.25) is 0 Å². The van der Waals surface area contributed by atoms with E-state index in [1.165, 1.54) is 24.3 Å². The highest BCUT2D eigenvalue weighted by molar-refractivity contribution is 8.18. The Kier molecular flexibility index (Phi) is 3.42. The lowest BCUT2D eigenvalue weighted by Gasteiger charge is -2.57. The predicted molar refractivity (Wildman–Crippen MR) is 87.8 cm³/mol. The molecule has 0 atom stereocenters. The molecule has 0 amide bonds. The molecule has 1 aliphatic heterocycles. The van der Waals surface area contributed by atoms with Gasteiger partial charge in [0, 0.05) is 0 Å². The molecule has 4 aliphatic carbocycles. The smallest absolute Gasteiger partial charge is 0.0583 e. The van der Waals surface area contributed by atoms with Gasteiger partial charge in [-0.3, -0.25) is 0 Å². The van der Waals surface area contributed by atoms with Crippen LogP contribution in [0.3, 0.4) is 0 Å². The largest absolute Gasteiger partial charge is 0.144 e. The Hall–Kier alpha value is 0.700. The molecule has 5 fully saturated rings. The van der Waals surface area contributed by atoms with Crippen molar-refractivity contribution in [3.05, 3.63) is 0 Å². The van der Waals surface area contributed by atoms with E-state index in [-0.39, 0.29) is 0 Å². The van der Waals surface area contributed by atoms with E-state index in [4.69, 9.17) is 0 Å². The van der Waals surface area contributed by atoms with Crippen LogP contribution in [0.5, 0.6) is 0 Å². The molecular formula is C17H28S2. The van der Waals surface area contributed by atoms with Crippen LogP contribution in [0.15, 0.2) is 0 Å². The first-order chi connectivity index (χ1) is 9.15. The molecule has 0 aromatic heterocycles. The van der Waals surface area contributed by atoms with Gasteiger partial charge in [-0.1, -0.05) is 0 Å². The molecule has 19 heavy (non-hydrogen) atoms. The molecule has 1 heterocycles. The van der Waals surface area contributed by atoms with Crippen LogP contribution in [0.2, 0.25) is 0 Å². The van der Waals surface area contributed by atoms with Gasteiger partial charge in [0.05, 0.1) is 4.08 Å². The van der Waals surface area contributed by atoms with E-state index in [9.17, 15) is 0 Å². The highest BCUT2D eigenvalue weighted by Crippen LogP contribution is 2.62. The second-order valence-electron chi connectivity index (χ2n) is 8.10. The molecule has 5 aliphatic rings. The minimum absolute atomic E-state index is 0.557. The second-order valence-corrected chi connectivity index (χ2v) is 11.6. The summed E-state index contributed by atoms with van der Waals surface area (Å²) in [5.74, 6) is 6.21. The normalized spacial score (nSPS) is 47.5. The van der Waals surface area contributed by atoms with Crippen LogP contribution in [0, 0.1) is 23.2 Å². The van der Waals surface area contributed by atoms with Gasteiger partial charge >= 0.3 is 0 Å². The standard InChI is InChI=1S/C17H28S2/c1-16(18-5-2-6-19-16)3-4-17-10-13-7-14(11-17)9-15(8-13)12-17/h13-15H,2-12H2,1H3. The van der Waals surface area contributed by atoms with E-state index >= 15 is 0 Å². The lowest BCUT2D eigenvalue weighted by atomic mass is 9.48. The van der Waals surface area contributed by atoms with E-state index in [0.29, 0.717) is 4.08 Å². The third kappa shape index (κ3) is 2.61. The van der Waals surface area contributed by atoms with Crippen LogP contribution in [-0.4, -0.2) is 15.6 Å². The lowest BCUT2D eigenvalue weighted by Crippen LogP contribution is -2.46. The molecule has 2 heteroatoms. The predicted octanol–water partition coefficient (Wildman–Crippen LogP) is 5.57. The molecule has 0 spiro atoms. The van der Waals surface area contributed by atoms with Crippen molar-refractivity contribution in [2.45, 2.75) is 68.8 Å². The molecule has 0 aromatic rings. The highest BCUT2D eigenvalue weighted by atomic mass is 32.2. The maximum atomic E-state index is 2.53. The van der Waals surface area contributed by atoms with Crippen LogP contribution >= 0.6 is 23.5 Å². The molecule has 0 nitrogen and oxygen atoms in total. The lowest BCUT2D eigenvalue weighted by molar-refractivity contribution is -0.0582. The van der Waals surface area contributed by atoms with Crippen molar-refractivity contribution < 1.29 is 0 Å². The van der Waals surface area contributed by atoms with E-state index in [1.54, 1.807) is 44.9 Å². The fourth-order valence-electron chi connectivity index (χ4n) is 5.91. The quantitative estimate of drug-likeness (QED) is 0.668. The van der Waals surface area contributed by atoms with E-state index < -0.39 is 0 Å². The van der Waals surface area contributed by atoms with E-state index in [2.05, 4.69) is 30.4 Å². The molecule has 5 rings (SSSR count). The first-order valence-electron chi connectivity index (χ1n) is 8.43. The van der Waals surface area contributed by atoms with Gasteiger partial charge in [0.15, 0.2) is 0 Å². The van der Waals surface area contributed by atoms with Crippen LogP contribution in [0.25, 0.3) is 0 Å². The molecule has 4 saturated carbocycles. The summed E-state index contributed by atoms with van der Waals surface area (Å²) >= 11 is 4.51. The SMILES string of the molecule is CC1(CCC23CC4CC(CC(C4)C2)C3)SCCCS1. The average Bonchev–Trinajstić information content (AvgIpc) is 2.36. The van der Waals surface area contributed by atoms with Gasteiger partial charge in [0.1, 0.15) is 0 Å². The summed E-state index contributed by atoms with van der Waals surface area (Å²) in [6.45, 7) is 2.53. The van der Waals surface area contributed by atoms with Crippen molar-refractivity contribution in [3.63, 3.8) is 0 Å². The topological polar surface area (TPSA) is 0 Å². The monoisotopic (exact) mass is 296 g/mol. The second kappa shape index (κ2) is 4.87. The molecule has 4 bridgehead atoms. The third-order valence-electron chi connectivity index (χ3n) is 6.38. The Morgan fingerprint density at radius 2 is 1.37 bits per heavy atom. The minimum Gasteiger partial charge on any atom is -0.144 e. The summed E-state index contributed by atoms with van der Waals surface area (Å²) in [7, 11) is 0. The molecule has 0 N–H and O–H groups in total. The van der Waals surface area contributed by atoms with Crippen molar-refractivity contribution in [2.24, 2.45) is 23.2 Å². The molecular weight excluding hydrogens is 268 g/mol. The molecule has 0 unspecified atom stereocenters. The van der Waals surface area contributed by atoms with Gasteiger partial charge in [0.25, 0.3) is 0 Å². The van der Waals surface area contributed by atoms with Gasteiger partial charge in [-0.15, -0.1) is 23.5 Å².